The van der Waals surface area contributed by atoms with Crippen molar-refractivity contribution in [1.82, 2.24) is 0 Å². The second kappa shape index (κ2) is 12.9. The van der Waals surface area contributed by atoms with Crippen molar-refractivity contribution < 1.29 is 23.8 Å². The molecule has 2 N–H and O–H groups in total. The average molecular weight is 455 g/mol. The van der Waals surface area contributed by atoms with Gasteiger partial charge in [0.25, 0.3) is 0 Å². The molecular formula is C25H43O5P. The molecule has 0 aliphatic carbocycles. The molecule has 0 saturated carbocycles. The third-order valence-electron chi connectivity index (χ3n) is 6.24. The van der Waals surface area contributed by atoms with Gasteiger partial charge in [-0.15, -0.1) is 0 Å². The molecule has 0 radical (unpaired) electrons. The van der Waals surface area contributed by atoms with Gasteiger partial charge in [-0.3, -0.25) is 4.57 Å². The van der Waals surface area contributed by atoms with Crippen molar-refractivity contribution in [3.63, 3.8) is 0 Å². The Morgan fingerprint density at radius 2 is 1.74 bits per heavy atom. The SMILES string of the molecule is CCCCCCCCCC1(C)CCc2cc(OC(CCCC)CP(=O)(O)O)ccc2O1. The number of ether oxygens (including phenoxy) is 2. The fourth-order valence-corrected chi connectivity index (χ4v) is 5.14. The lowest BCUT2D eigenvalue weighted by atomic mass is 9.88. The minimum Gasteiger partial charge on any atom is -0.490 e. The lowest BCUT2D eigenvalue weighted by Crippen LogP contribution is -2.36. The second-order valence-electron chi connectivity index (χ2n) is 9.42. The van der Waals surface area contributed by atoms with Crippen molar-refractivity contribution in [3.8, 4) is 11.5 Å². The summed E-state index contributed by atoms with van der Waals surface area (Å²) in [6.45, 7) is 6.54. The normalized spacial score (nSPS) is 19.5. The van der Waals surface area contributed by atoms with Crippen LogP contribution in [0.2, 0.25) is 0 Å². The Balaban J connectivity index is 1.88. The molecule has 6 heteroatoms. The van der Waals surface area contributed by atoms with Gasteiger partial charge in [0.1, 0.15) is 23.2 Å². The largest absolute Gasteiger partial charge is 0.490 e. The first-order valence-corrected chi connectivity index (χ1v) is 14.1. The van der Waals surface area contributed by atoms with Crippen molar-refractivity contribution in [2.24, 2.45) is 0 Å². The minimum atomic E-state index is -4.11. The summed E-state index contributed by atoms with van der Waals surface area (Å²) in [5.41, 5.74) is 1.02. The zero-order valence-corrected chi connectivity index (χ0v) is 20.7. The van der Waals surface area contributed by atoms with E-state index in [-0.39, 0.29) is 11.8 Å². The maximum Gasteiger partial charge on any atom is 0.329 e. The molecule has 31 heavy (non-hydrogen) atoms. The molecule has 1 aromatic rings. The van der Waals surface area contributed by atoms with E-state index in [0.717, 1.165) is 43.4 Å². The van der Waals surface area contributed by atoms with Crippen LogP contribution < -0.4 is 9.47 Å². The van der Waals surface area contributed by atoms with Gasteiger partial charge in [0.2, 0.25) is 0 Å². The number of aryl methyl sites for hydroxylation is 1. The number of benzene rings is 1. The van der Waals surface area contributed by atoms with Crippen LogP contribution >= 0.6 is 7.60 Å². The molecule has 2 unspecified atom stereocenters. The summed E-state index contributed by atoms with van der Waals surface area (Å²) in [7, 11) is -4.11. The zero-order chi connectivity index (χ0) is 22.7. The van der Waals surface area contributed by atoms with E-state index in [4.69, 9.17) is 9.47 Å². The first-order chi connectivity index (χ1) is 14.7. The van der Waals surface area contributed by atoms with Crippen LogP contribution in [0.1, 0.15) is 103 Å². The Morgan fingerprint density at radius 3 is 2.42 bits per heavy atom. The standard InChI is InChI=1S/C25H43O5P/c1-4-6-8-9-10-11-12-17-25(3)18-16-21-19-22(14-15-24(21)30-25)29-23(13-7-5-2)20-31(26,27)28/h14-15,19,23H,4-13,16-18,20H2,1-3H3,(H2,26,27,28). The Hall–Kier alpha value is -1.03. The quantitative estimate of drug-likeness (QED) is 0.220. The third kappa shape index (κ3) is 9.97. The highest BCUT2D eigenvalue weighted by Gasteiger charge is 2.31. The Kier molecular flexibility index (Phi) is 10.9. The summed E-state index contributed by atoms with van der Waals surface area (Å²) in [5.74, 6) is 1.59. The second-order valence-corrected chi connectivity index (χ2v) is 11.1. The summed E-state index contributed by atoms with van der Waals surface area (Å²) in [4.78, 5) is 18.7. The molecule has 1 aliphatic rings. The van der Waals surface area contributed by atoms with E-state index < -0.39 is 13.7 Å². The van der Waals surface area contributed by atoms with Crippen molar-refractivity contribution in [2.45, 2.75) is 116 Å². The van der Waals surface area contributed by atoms with Gasteiger partial charge in [0, 0.05) is 0 Å². The van der Waals surface area contributed by atoms with E-state index >= 15 is 0 Å². The fourth-order valence-electron chi connectivity index (χ4n) is 4.35. The molecule has 1 aromatic carbocycles. The Bertz CT molecular complexity index is 701. The molecule has 0 aromatic heterocycles. The van der Waals surface area contributed by atoms with E-state index in [1.807, 2.05) is 18.2 Å². The molecule has 2 rings (SSSR count). The summed E-state index contributed by atoms with van der Waals surface area (Å²) in [5, 5.41) is 0. The van der Waals surface area contributed by atoms with Gasteiger partial charge >= 0.3 is 7.60 Å². The Labute approximate surface area is 189 Å². The molecule has 178 valence electrons. The molecule has 1 aliphatic heterocycles. The summed E-state index contributed by atoms with van der Waals surface area (Å²) >= 11 is 0. The highest BCUT2D eigenvalue weighted by atomic mass is 31.2. The van der Waals surface area contributed by atoms with Crippen molar-refractivity contribution >= 4 is 7.60 Å². The highest BCUT2D eigenvalue weighted by molar-refractivity contribution is 7.51. The fraction of sp³-hybridized carbons (Fsp3) is 0.760. The summed E-state index contributed by atoms with van der Waals surface area (Å²) in [6.07, 6.45) is 14.0. The lowest BCUT2D eigenvalue weighted by molar-refractivity contribution is 0.0531. The van der Waals surface area contributed by atoms with E-state index in [1.165, 1.54) is 44.9 Å². The van der Waals surface area contributed by atoms with Gasteiger partial charge in [0.15, 0.2) is 0 Å². The van der Waals surface area contributed by atoms with Crippen molar-refractivity contribution in [2.75, 3.05) is 6.16 Å². The van der Waals surface area contributed by atoms with Crippen molar-refractivity contribution in [3.05, 3.63) is 23.8 Å². The molecule has 0 amide bonds. The molecular weight excluding hydrogens is 411 g/mol. The predicted molar refractivity (Wildman–Crippen MR) is 127 cm³/mol. The van der Waals surface area contributed by atoms with Gasteiger partial charge < -0.3 is 19.3 Å². The smallest absolute Gasteiger partial charge is 0.329 e. The third-order valence-corrected chi connectivity index (χ3v) is 7.13. The first-order valence-electron chi connectivity index (χ1n) is 12.3. The number of rotatable bonds is 15. The van der Waals surface area contributed by atoms with Gasteiger partial charge in [0.05, 0.1) is 6.16 Å². The molecule has 1 heterocycles. The van der Waals surface area contributed by atoms with Crippen LogP contribution in [0.3, 0.4) is 0 Å². The van der Waals surface area contributed by atoms with Gasteiger partial charge in [-0.05, 0) is 62.8 Å². The monoisotopic (exact) mass is 454 g/mol. The lowest BCUT2D eigenvalue weighted by Gasteiger charge is -2.36. The van der Waals surface area contributed by atoms with Crippen LogP contribution in [-0.2, 0) is 11.0 Å². The number of hydrogen-bond acceptors (Lipinski definition) is 3. The number of hydrogen-bond donors (Lipinski definition) is 2. The van der Waals surface area contributed by atoms with E-state index in [9.17, 15) is 14.4 Å². The number of fused-ring (bicyclic) bond motifs is 1. The molecule has 0 bridgehead atoms. The number of unbranched alkanes of at least 4 members (excludes halogenated alkanes) is 7. The predicted octanol–water partition coefficient (Wildman–Crippen LogP) is 7.03. The van der Waals surface area contributed by atoms with Gasteiger partial charge in [-0.2, -0.15) is 0 Å². The van der Waals surface area contributed by atoms with E-state index in [0.29, 0.717) is 12.2 Å². The van der Waals surface area contributed by atoms with Crippen LogP contribution in [0.25, 0.3) is 0 Å². The maximum absolute atomic E-state index is 11.5. The first kappa shape index (κ1) is 26.2. The van der Waals surface area contributed by atoms with Crippen LogP contribution in [0.4, 0.5) is 0 Å². The highest BCUT2D eigenvalue weighted by Crippen LogP contribution is 2.40. The minimum absolute atomic E-state index is 0.108. The average Bonchev–Trinajstić information content (AvgIpc) is 2.70. The Morgan fingerprint density at radius 1 is 1.06 bits per heavy atom. The van der Waals surface area contributed by atoms with Gasteiger partial charge in [-0.25, -0.2) is 0 Å². The van der Waals surface area contributed by atoms with Gasteiger partial charge in [-0.1, -0.05) is 65.2 Å². The summed E-state index contributed by atoms with van der Waals surface area (Å²) < 4.78 is 23.8. The van der Waals surface area contributed by atoms with Crippen LogP contribution in [0, 0.1) is 0 Å². The van der Waals surface area contributed by atoms with Crippen LogP contribution in [-0.4, -0.2) is 27.7 Å². The van der Waals surface area contributed by atoms with E-state index in [2.05, 4.69) is 20.8 Å². The van der Waals surface area contributed by atoms with Crippen LogP contribution in [0.15, 0.2) is 18.2 Å². The topological polar surface area (TPSA) is 76.0 Å². The van der Waals surface area contributed by atoms with Crippen LogP contribution in [0.5, 0.6) is 11.5 Å². The summed E-state index contributed by atoms with van der Waals surface area (Å²) in [6, 6.07) is 5.82. The zero-order valence-electron chi connectivity index (χ0n) is 19.8. The molecule has 0 fully saturated rings. The molecule has 2 atom stereocenters. The van der Waals surface area contributed by atoms with E-state index in [1.54, 1.807) is 0 Å². The van der Waals surface area contributed by atoms with Crippen molar-refractivity contribution in [1.29, 1.82) is 0 Å². The maximum atomic E-state index is 11.5. The molecule has 5 nitrogen and oxygen atoms in total. The molecule has 0 spiro atoms. The molecule has 0 saturated heterocycles.